The summed E-state index contributed by atoms with van der Waals surface area (Å²) in [6, 6.07) is 14.9. The smallest absolute Gasteiger partial charge is 0.294 e. The Labute approximate surface area is 199 Å². The van der Waals surface area contributed by atoms with E-state index in [0.29, 0.717) is 21.4 Å². The largest absolute Gasteiger partial charge is 0.328 e. The van der Waals surface area contributed by atoms with Crippen LogP contribution < -0.4 is 0 Å². The van der Waals surface area contributed by atoms with Gasteiger partial charge in [0.15, 0.2) is 0 Å². The molecule has 0 aliphatic rings. The molecule has 4 aromatic rings. The second-order valence-electron chi connectivity index (χ2n) is 7.16. The van der Waals surface area contributed by atoms with Gasteiger partial charge in [0.2, 0.25) is 0 Å². The molecule has 0 saturated carbocycles. The Morgan fingerprint density at radius 1 is 1.03 bits per heavy atom. The summed E-state index contributed by atoms with van der Waals surface area (Å²) in [6.45, 7) is 0.417. The van der Waals surface area contributed by atoms with Crippen LogP contribution in [0.3, 0.4) is 0 Å². The van der Waals surface area contributed by atoms with E-state index < -0.39 is 4.92 Å². The fourth-order valence-electron chi connectivity index (χ4n) is 3.35. The minimum Gasteiger partial charge on any atom is -0.328 e. The van der Waals surface area contributed by atoms with Crippen LogP contribution in [0.4, 0.5) is 5.69 Å². The quantitative estimate of drug-likeness (QED) is 0.262. The molecule has 0 aliphatic carbocycles. The second kappa shape index (κ2) is 9.81. The number of carbonyl (C=O) groups excluding carboxylic acids is 1. The van der Waals surface area contributed by atoms with E-state index in [0.717, 1.165) is 5.56 Å². The Balaban J connectivity index is 1.70. The molecule has 10 heteroatoms. The van der Waals surface area contributed by atoms with Crippen molar-refractivity contribution in [2.45, 2.75) is 13.1 Å². The zero-order chi connectivity index (χ0) is 23.4. The molecule has 0 N–H and O–H groups in total. The second-order valence-corrected chi connectivity index (χ2v) is 7.98. The molecule has 2 aromatic heterocycles. The molecular weight excluding hydrogens is 465 g/mol. The van der Waals surface area contributed by atoms with Crippen molar-refractivity contribution in [1.29, 1.82) is 0 Å². The molecule has 2 heterocycles. The highest BCUT2D eigenvalue weighted by Gasteiger charge is 2.23. The van der Waals surface area contributed by atoms with Crippen molar-refractivity contribution < 1.29 is 9.72 Å². The van der Waals surface area contributed by atoms with Gasteiger partial charge < -0.3 is 9.47 Å². The molecule has 0 fully saturated rings. The lowest BCUT2D eigenvalue weighted by atomic mass is 10.1. The van der Waals surface area contributed by atoms with Crippen LogP contribution in [0.5, 0.6) is 0 Å². The van der Waals surface area contributed by atoms with E-state index in [9.17, 15) is 14.9 Å². The number of pyridine rings is 1. The number of aromatic nitrogens is 3. The summed E-state index contributed by atoms with van der Waals surface area (Å²) in [5.74, 6) is -0.382. The molecule has 166 valence electrons. The Hall–Kier alpha value is -3.75. The molecule has 8 nitrogen and oxygen atoms in total. The summed E-state index contributed by atoms with van der Waals surface area (Å²) in [6.07, 6.45) is 6.22. The molecule has 0 spiro atoms. The van der Waals surface area contributed by atoms with E-state index in [1.54, 1.807) is 53.7 Å². The SMILES string of the molecule is O=C(c1ccc(-n2ccnc2)c([N+](=O)[O-])c1)N(Cc1ccc(Cl)c(Cl)c1)Cc1ccccn1. The van der Waals surface area contributed by atoms with Crippen molar-refractivity contribution in [2.24, 2.45) is 0 Å². The predicted molar refractivity (Wildman–Crippen MR) is 124 cm³/mol. The number of halogens is 2. The van der Waals surface area contributed by atoms with Crippen LogP contribution >= 0.6 is 23.2 Å². The monoisotopic (exact) mass is 481 g/mol. The van der Waals surface area contributed by atoms with Crippen LogP contribution in [0.1, 0.15) is 21.6 Å². The number of imidazole rings is 1. The molecule has 0 aliphatic heterocycles. The molecule has 0 radical (unpaired) electrons. The van der Waals surface area contributed by atoms with Gasteiger partial charge in [-0.1, -0.05) is 35.3 Å². The maximum absolute atomic E-state index is 13.5. The summed E-state index contributed by atoms with van der Waals surface area (Å²) in [4.78, 5) is 34.5. The Bertz CT molecular complexity index is 1300. The van der Waals surface area contributed by atoms with Crippen LogP contribution in [-0.4, -0.2) is 30.3 Å². The number of hydrogen-bond donors (Lipinski definition) is 0. The molecule has 0 saturated heterocycles. The Morgan fingerprint density at radius 2 is 1.88 bits per heavy atom. The van der Waals surface area contributed by atoms with E-state index in [-0.39, 0.29) is 30.2 Å². The zero-order valence-corrected chi connectivity index (χ0v) is 18.6. The van der Waals surface area contributed by atoms with Crippen molar-refractivity contribution in [3.05, 3.63) is 116 Å². The highest BCUT2D eigenvalue weighted by Crippen LogP contribution is 2.27. The number of carbonyl (C=O) groups is 1. The first-order chi connectivity index (χ1) is 15.9. The maximum Gasteiger partial charge on any atom is 0.294 e. The van der Waals surface area contributed by atoms with E-state index in [1.807, 2.05) is 6.07 Å². The van der Waals surface area contributed by atoms with E-state index in [1.165, 1.54) is 29.2 Å². The van der Waals surface area contributed by atoms with Gasteiger partial charge in [0.25, 0.3) is 11.6 Å². The molecule has 4 rings (SSSR count). The fraction of sp³-hybridized carbons (Fsp3) is 0.0870. The number of nitro benzene ring substituents is 1. The minimum atomic E-state index is -0.520. The van der Waals surface area contributed by atoms with Crippen LogP contribution in [-0.2, 0) is 13.1 Å². The summed E-state index contributed by atoms with van der Waals surface area (Å²) in [5.41, 5.74) is 1.73. The van der Waals surface area contributed by atoms with Crippen LogP contribution in [0.15, 0.2) is 79.5 Å². The van der Waals surface area contributed by atoms with Crippen molar-refractivity contribution >= 4 is 34.8 Å². The number of amides is 1. The van der Waals surface area contributed by atoms with Crippen molar-refractivity contribution in [1.82, 2.24) is 19.4 Å². The van der Waals surface area contributed by atoms with Crippen molar-refractivity contribution in [2.75, 3.05) is 0 Å². The van der Waals surface area contributed by atoms with Gasteiger partial charge in [-0.2, -0.15) is 0 Å². The Morgan fingerprint density at radius 3 is 2.55 bits per heavy atom. The van der Waals surface area contributed by atoms with E-state index >= 15 is 0 Å². The first-order valence-electron chi connectivity index (χ1n) is 9.82. The topological polar surface area (TPSA) is 94.2 Å². The lowest BCUT2D eigenvalue weighted by Crippen LogP contribution is -2.30. The van der Waals surface area contributed by atoms with Crippen LogP contribution in [0.25, 0.3) is 5.69 Å². The van der Waals surface area contributed by atoms with Gasteiger partial charge in [-0.05, 0) is 42.0 Å². The highest BCUT2D eigenvalue weighted by atomic mass is 35.5. The molecule has 0 atom stereocenters. The third-order valence-corrected chi connectivity index (χ3v) is 5.66. The van der Waals surface area contributed by atoms with Crippen molar-refractivity contribution in [3.63, 3.8) is 0 Å². The number of benzene rings is 2. The molecule has 0 unspecified atom stereocenters. The predicted octanol–water partition coefficient (Wildman–Crippen LogP) is 5.32. The lowest BCUT2D eigenvalue weighted by molar-refractivity contribution is -0.384. The lowest BCUT2D eigenvalue weighted by Gasteiger charge is -2.23. The van der Waals surface area contributed by atoms with Gasteiger partial charge in [-0.15, -0.1) is 0 Å². The van der Waals surface area contributed by atoms with Gasteiger partial charge in [-0.3, -0.25) is 19.9 Å². The average molecular weight is 482 g/mol. The van der Waals surface area contributed by atoms with Crippen LogP contribution in [0.2, 0.25) is 10.0 Å². The van der Waals surface area contributed by atoms with Crippen LogP contribution in [0, 0.1) is 10.1 Å². The standard InChI is InChI=1S/C23H17Cl2N5O3/c24-19-6-4-16(11-20(19)25)13-29(14-18-3-1-2-8-27-18)23(31)17-5-7-21(22(12-17)30(32)33)28-10-9-26-15-28/h1-12,15H,13-14H2. The van der Waals surface area contributed by atoms with Crippen molar-refractivity contribution in [3.8, 4) is 5.69 Å². The van der Waals surface area contributed by atoms with Gasteiger partial charge in [0.1, 0.15) is 5.69 Å². The van der Waals surface area contributed by atoms with E-state index in [2.05, 4.69) is 9.97 Å². The summed E-state index contributed by atoms with van der Waals surface area (Å²) < 4.78 is 1.52. The zero-order valence-electron chi connectivity index (χ0n) is 17.1. The number of hydrogen-bond acceptors (Lipinski definition) is 5. The maximum atomic E-state index is 13.5. The normalized spacial score (nSPS) is 10.7. The number of nitrogens with zero attached hydrogens (tertiary/aromatic N) is 5. The molecule has 33 heavy (non-hydrogen) atoms. The number of rotatable bonds is 7. The molecule has 0 bridgehead atoms. The third-order valence-electron chi connectivity index (χ3n) is 4.93. The fourth-order valence-corrected chi connectivity index (χ4v) is 3.67. The van der Waals surface area contributed by atoms with Gasteiger partial charge >= 0.3 is 0 Å². The summed E-state index contributed by atoms with van der Waals surface area (Å²) in [5, 5.41) is 12.5. The third kappa shape index (κ3) is 5.19. The summed E-state index contributed by atoms with van der Waals surface area (Å²) in [7, 11) is 0. The molecule has 2 aromatic carbocycles. The van der Waals surface area contributed by atoms with Gasteiger partial charge in [-0.25, -0.2) is 4.98 Å². The Kier molecular flexibility index (Phi) is 6.67. The van der Waals surface area contributed by atoms with E-state index in [4.69, 9.17) is 23.2 Å². The van der Waals surface area contributed by atoms with Gasteiger partial charge in [0.05, 0.1) is 33.5 Å². The average Bonchev–Trinajstić information content (AvgIpc) is 3.35. The first kappa shape index (κ1) is 22.4. The molecular formula is C23H17Cl2N5O3. The first-order valence-corrected chi connectivity index (χ1v) is 10.6. The molecule has 1 amide bonds. The highest BCUT2D eigenvalue weighted by molar-refractivity contribution is 6.42. The minimum absolute atomic E-state index is 0.182. The summed E-state index contributed by atoms with van der Waals surface area (Å²) >= 11 is 12.2. The van der Waals surface area contributed by atoms with Gasteiger partial charge in [0, 0.05) is 36.8 Å². The number of nitro groups is 1.